The van der Waals surface area contributed by atoms with Crippen molar-refractivity contribution in [2.45, 2.75) is 6.29 Å². The van der Waals surface area contributed by atoms with E-state index in [1.54, 1.807) is 18.2 Å². The molecule has 122 valence electrons. The van der Waals surface area contributed by atoms with E-state index < -0.39 is 18.1 Å². The summed E-state index contributed by atoms with van der Waals surface area (Å²) >= 11 is 0. The highest BCUT2D eigenvalue weighted by molar-refractivity contribution is 6.06. The van der Waals surface area contributed by atoms with Crippen molar-refractivity contribution in [3.63, 3.8) is 0 Å². The molecule has 0 aromatic heterocycles. The molecule has 24 heavy (non-hydrogen) atoms. The molecular weight excluding hydrogens is 311 g/mol. The van der Waals surface area contributed by atoms with Gasteiger partial charge < -0.3 is 14.6 Å². The van der Waals surface area contributed by atoms with E-state index in [4.69, 9.17) is 9.47 Å². The predicted octanol–water partition coefficient (Wildman–Crippen LogP) is 3.18. The number of hydrogen-bond acceptors (Lipinski definition) is 4. The largest absolute Gasteiger partial charge is 0.493 e. The normalized spacial score (nSPS) is 17.5. The molecular formula is C19H15FO4. The Hall–Kier alpha value is -2.92. The second-order valence-corrected chi connectivity index (χ2v) is 5.15. The van der Waals surface area contributed by atoms with Gasteiger partial charge in [-0.3, -0.25) is 0 Å². The summed E-state index contributed by atoms with van der Waals surface area (Å²) in [5.74, 6) is -1.30. The lowest BCUT2D eigenvalue weighted by Crippen LogP contribution is -2.10. The summed E-state index contributed by atoms with van der Waals surface area (Å²) in [4.78, 5) is 12.0. The van der Waals surface area contributed by atoms with E-state index >= 15 is 0 Å². The average molecular weight is 326 g/mol. The van der Waals surface area contributed by atoms with Crippen LogP contribution in [0.5, 0.6) is 5.75 Å². The van der Waals surface area contributed by atoms with Gasteiger partial charge in [-0.15, -0.1) is 0 Å². The minimum Gasteiger partial charge on any atom is -0.493 e. The number of ether oxygens (including phenoxy) is 2. The molecule has 0 bridgehead atoms. The van der Waals surface area contributed by atoms with E-state index in [0.29, 0.717) is 0 Å². The monoisotopic (exact) mass is 326 g/mol. The topological polar surface area (TPSA) is 55.8 Å². The van der Waals surface area contributed by atoms with Crippen molar-refractivity contribution >= 4 is 17.6 Å². The molecule has 5 heteroatoms. The Labute approximate surface area is 138 Å². The highest BCUT2D eigenvalue weighted by Crippen LogP contribution is 2.37. The van der Waals surface area contributed by atoms with Crippen molar-refractivity contribution in [3.8, 4) is 5.75 Å². The molecule has 1 aliphatic heterocycles. The van der Waals surface area contributed by atoms with Crippen LogP contribution in [-0.2, 0) is 9.53 Å². The summed E-state index contributed by atoms with van der Waals surface area (Å²) in [5.41, 5.74) is 1.51. The van der Waals surface area contributed by atoms with Crippen LogP contribution in [0.3, 0.4) is 0 Å². The van der Waals surface area contributed by atoms with Crippen molar-refractivity contribution in [3.05, 3.63) is 77.1 Å². The van der Waals surface area contributed by atoms with E-state index in [1.165, 1.54) is 19.2 Å². The maximum Gasteiger partial charge on any atom is 0.341 e. The summed E-state index contributed by atoms with van der Waals surface area (Å²) in [5, 5.41) is 10.1. The molecule has 1 atom stereocenters. The van der Waals surface area contributed by atoms with Crippen molar-refractivity contribution in [1.82, 2.24) is 0 Å². The Balaban J connectivity index is 2.11. The molecule has 2 aromatic rings. The first kappa shape index (κ1) is 16.0. The smallest absolute Gasteiger partial charge is 0.341 e. The van der Waals surface area contributed by atoms with Gasteiger partial charge in [-0.05, 0) is 17.7 Å². The van der Waals surface area contributed by atoms with Crippen LogP contribution in [0.1, 0.15) is 11.1 Å². The van der Waals surface area contributed by atoms with E-state index in [1.807, 2.05) is 30.3 Å². The zero-order chi connectivity index (χ0) is 17.1. The highest BCUT2D eigenvalue weighted by Gasteiger charge is 2.34. The van der Waals surface area contributed by atoms with Crippen LogP contribution in [0.15, 0.2) is 60.2 Å². The highest BCUT2D eigenvalue weighted by atomic mass is 19.1. The van der Waals surface area contributed by atoms with Gasteiger partial charge in [0.25, 0.3) is 0 Å². The molecule has 1 unspecified atom stereocenters. The molecule has 1 heterocycles. The van der Waals surface area contributed by atoms with Crippen molar-refractivity contribution in [2.24, 2.45) is 0 Å². The number of esters is 1. The van der Waals surface area contributed by atoms with Crippen molar-refractivity contribution in [1.29, 1.82) is 0 Å². The standard InChI is InChI=1S/C19H15FO4/c1-23-17-13(8-5-9-15(17)20)16-14(18(21)24-19(16)22)11-10-12-6-3-2-4-7-12/h2-11,19,22H,1H3/b11-10+. The van der Waals surface area contributed by atoms with Crippen LogP contribution in [0, 0.1) is 5.82 Å². The van der Waals surface area contributed by atoms with Crippen LogP contribution < -0.4 is 4.74 Å². The Morgan fingerprint density at radius 1 is 1.12 bits per heavy atom. The Morgan fingerprint density at radius 3 is 2.58 bits per heavy atom. The fourth-order valence-corrected chi connectivity index (χ4v) is 2.57. The number of carbonyl (C=O) groups is 1. The second kappa shape index (κ2) is 6.68. The summed E-state index contributed by atoms with van der Waals surface area (Å²) in [6.45, 7) is 0. The van der Waals surface area contributed by atoms with Gasteiger partial charge in [0.2, 0.25) is 6.29 Å². The third-order valence-corrected chi connectivity index (χ3v) is 3.68. The van der Waals surface area contributed by atoms with E-state index in [9.17, 15) is 14.3 Å². The fourth-order valence-electron chi connectivity index (χ4n) is 2.57. The van der Waals surface area contributed by atoms with Gasteiger partial charge in [0.15, 0.2) is 11.6 Å². The van der Waals surface area contributed by atoms with Crippen LogP contribution in [0.4, 0.5) is 4.39 Å². The number of rotatable bonds is 4. The summed E-state index contributed by atoms with van der Waals surface area (Å²) < 4.78 is 23.9. The molecule has 0 fully saturated rings. The molecule has 0 amide bonds. The number of benzene rings is 2. The number of aliphatic hydroxyl groups excluding tert-OH is 1. The molecule has 1 N–H and O–H groups in total. The second-order valence-electron chi connectivity index (χ2n) is 5.15. The Bertz CT molecular complexity index is 825. The third-order valence-electron chi connectivity index (χ3n) is 3.68. The SMILES string of the molecule is COc1c(F)cccc1C1=C(/C=C/c2ccccc2)C(=O)OC1O. The van der Waals surface area contributed by atoms with Crippen LogP contribution in [0.25, 0.3) is 11.6 Å². The summed E-state index contributed by atoms with van der Waals surface area (Å²) in [6.07, 6.45) is 1.80. The molecule has 4 nitrogen and oxygen atoms in total. The van der Waals surface area contributed by atoms with Gasteiger partial charge in [0, 0.05) is 11.1 Å². The lowest BCUT2D eigenvalue weighted by atomic mass is 9.99. The Kier molecular flexibility index (Phi) is 4.44. The maximum absolute atomic E-state index is 13.9. The van der Waals surface area contributed by atoms with Crippen molar-refractivity contribution < 1.29 is 23.8 Å². The summed E-state index contributed by atoms with van der Waals surface area (Å²) in [6, 6.07) is 13.7. The first-order valence-electron chi connectivity index (χ1n) is 7.31. The quantitative estimate of drug-likeness (QED) is 0.877. The molecule has 3 rings (SSSR count). The lowest BCUT2D eigenvalue weighted by Gasteiger charge is -2.12. The number of carbonyl (C=O) groups excluding carboxylic acids is 1. The van der Waals surface area contributed by atoms with E-state index in [2.05, 4.69) is 0 Å². The van der Waals surface area contributed by atoms with Gasteiger partial charge in [-0.25, -0.2) is 9.18 Å². The van der Waals surface area contributed by atoms with Crippen LogP contribution in [0.2, 0.25) is 0 Å². The predicted molar refractivity (Wildman–Crippen MR) is 87.4 cm³/mol. The fraction of sp³-hybridized carbons (Fsp3) is 0.105. The maximum atomic E-state index is 13.9. The number of cyclic esters (lactones) is 1. The van der Waals surface area contributed by atoms with Gasteiger partial charge in [-0.2, -0.15) is 0 Å². The molecule has 1 aliphatic rings. The number of methoxy groups -OCH3 is 1. The number of hydrogen-bond donors (Lipinski definition) is 1. The Morgan fingerprint density at radius 2 is 1.88 bits per heavy atom. The first-order chi connectivity index (χ1) is 11.6. The van der Waals surface area contributed by atoms with Gasteiger partial charge in [0.1, 0.15) is 0 Å². The van der Waals surface area contributed by atoms with Gasteiger partial charge in [-0.1, -0.05) is 48.5 Å². The number of aliphatic hydroxyl groups is 1. The van der Waals surface area contributed by atoms with Crippen molar-refractivity contribution in [2.75, 3.05) is 7.11 Å². The van der Waals surface area contributed by atoms with Crippen LogP contribution in [-0.4, -0.2) is 24.5 Å². The zero-order valence-corrected chi connectivity index (χ0v) is 12.9. The minimum absolute atomic E-state index is 0.0459. The third kappa shape index (κ3) is 2.94. The number of halogens is 1. The van der Waals surface area contributed by atoms with E-state index in [-0.39, 0.29) is 22.5 Å². The number of para-hydroxylation sites is 1. The minimum atomic E-state index is -1.47. The first-order valence-corrected chi connectivity index (χ1v) is 7.31. The molecule has 0 radical (unpaired) electrons. The van der Waals surface area contributed by atoms with Gasteiger partial charge >= 0.3 is 5.97 Å². The lowest BCUT2D eigenvalue weighted by molar-refractivity contribution is -0.150. The molecule has 2 aromatic carbocycles. The van der Waals surface area contributed by atoms with Gasteiger partial charge in [0.05, 0.1) is 12.7 Å². The summed E-state index contributed by atoms with van der Waals surface area (Å²) in [7, 11) is 1.33. The molecule has 0 spiro atoms. The molecule has 0 saturated carbocycles. The molecule has 0 aliphatic carbocycles. The molecule has 0 saturated heterocycles. The van der Waals surface area contributed by atoms with Crippen LogP contribution >= 0.6 is 0 Å². The average Bonchev–Trinajstić information content (AvgIpc) is 2.87. The van der Waals surface area contributed by atoms with E-state index in [0.717, 1.165) is 5.56 Å². The zero-order valence-electron chi connectivity index (χ0n) is 12.9.